The van der Waals surface area contributed by atoms with Crippen LogP contribution >= 0.6 is 0 Å². The quantitative estimate of drug-likeness (QED) is 0.873. The molecule has 3 nitrogen and oxygen atoms in total. The average Bonchev–Trinajstić information content (AvgIpc) is 2.87. The number of halogens is 2. The van der Waals surface area contributed by atoms with Crippen LogP contribution in [-0.2, 0) is 6.54 Å². The first kappa shape index (κ1) is 13.5. The van der Waals surface area contributed by atoms with Crippen molar-refractivity contribution in [2.24, 2.45) is 0 Å². The SMILES string of the molecule is CC(CNCc1ccco1)Oc1cc(F)ccc1F. The van der Waals surface area contributed by atoms with E-state index in [1.54, 1.807) is 19.3 Å². The molecule has 2 rings (SSSR count). The van der Waals surface area contributed by atoms with Crippen LogP contribution in [0.15, 0.2) is 41.0 Å². The third-order valence-electron chi connectivity index (χ3n) is 2.53. The number of benzene rings is 1. The van der Waals surface area contributed by atoms with Crippen LogP contribution in [0.2, 0.25) is 0 Å². The second kappa shape index (κ2) is 6.33. The molecule has 0 fully saturated rings. The van der Waals surface area contributed by atoms with Gasteiger partial charge in [0.25, 0.3) is 0 Å². The van der Waals surface area contributed by atoms with Gasteiger partial charge < -0.3 is 14.5 Å². The molecule has 1 N–H and O–H groups in total. The number of hydrogen-bond acceptors (Lipinski definition) is 3. The van der Waals surface area contributed by atoms with E-state index in [-0.39, 0.29) is 11.9 Å². The molecule has 0 saturated heterocycles. The molecule has 0 amide bonds. The fraction of sp³-hybridized carbons (Fsp3) is 0.286. The van der Waals surface area contributed by atoms with Crippen LogP contribution in [0.25, 0.3) is 0 Å². The molecular weight excluding hydrogens is 252 g/mol. The highest BCUT2D eigenvalue weighted by Crippen LogP contribution is 2.19. The van der Waals surface area contributed by atoms with E-state index in [4.69, 9.17) is 9.15 Å². The summed E-state index contributed by atoms with van der Waals surface area (Å²) in [6.07, 6.45) is 1.31. The van der Waals surface area contributed by atoms with Crippen molar-refractivity contribution in [1.29, 1.82) is 0 Å². The van der Waals surface area contributed by atoms with Gasteiger partial charge in [-0.1, -0.05) is 0 Å². The van der Waals surface area contributed by atoms with Gasteiger partial charge in [0.1, 0.15) is 17.7 Å². The minimum atomic E-state index is -0.570. The number of nitrogens with one attached hydrogen (secondary N) is 1. The Bertz CT molecular complexity index is 514. The van der Waals surface area contributed by atoms with E-state index in [1.807, 2.05) is 6.07 Å². The smallest absolute Gasteiger partial charge is 0.165 e. The minimum Gasteiger partial charge on any atom is -0.486 e. The van der Waals surface area contributed by atoms with Crippen molar-refractivity contribution >= 4 is 0 Å². The highest BCUT2D eigenvalue weighted by Gasteiger charge is 2.09. The molecule has 0 spiro atoms. The molecule has 0 bridgehead atoms. The number of ether oxygens (including phenoxy) is 1. The fourth-order valence-corrected chi connectivity index (χ4v) is 1.64. The van der Waals surface area contributed by atoms with E-state index in [0.29, 0.717) is 13.1 Å². The normalized spacial score (nSPS) is 12.4. The van der Waals surface area contributed by atoms with Crippen LogP contribution in [0, 0.1) is 11.6 Å². The highest BCUT2D eigenvalue weighted by atomic mass is 19.1. The van der Waals surface area contributed by atoms with Gasteiger partial charge in [-0.3, -0.25) is 0 Å². The Morgan fingerprint density at radius 1 is 1.32 bits per heavy atom. The second-order valence-electron chi connectivity index (χ2n) is 4.21. The molecule has 102 valence electrons. The highest BCUT2D eigenvalue weighted by molar-refractivity contribution is 5.25. The number of furan rings is 1. The summed E-state index contributed by atoms with van der Waals surface area (Å²) in [5.41, 5.74) is 0. The molecular formula is C14H15F2NO2. The van der Waals surface area contributed by atoms with Crippen molar-refractivity contribution in [3.63, 3.8) is 0 Å². The maximum atomic E-state index is 13.3. The van der Waals surface area contributed by atoms with Gasteiger partial charge in [0.05, 0.1) is 12.8 Å². The van der Waals surface area contributed by atoms with Crippen LogP contribution in [0.5, 0.6) is 5.75 Å². The van der Waals surface area contributed by atoms with Crippen LogP contribution < -0.4 is 10.1 Å². The molecule has 1 aromatic heterocycles. The average molecular weight is 267 g/mol. The molecule has 19 heavy (non-hydrogen) atoms. The molecule has 1 heterocycles. The van der Waals surface area contributed by atoms with Gasteiger partial charge in [-0.15, -0.1) is 0 Å². The van der Waals surface area contributed by atoms with Gasteiger partial charge in [0, 0.05) is 12.6 Å². The lowest BCUT2D eigenvalue weighted by atomic mass is 10.3. The Kier molecular flexibility index (Phi) is 4.52. The van der Waals surface area contributed by atoms with Crippen molar-refractivity contribution in [3.05, 3.63) is 54.0 Å². The summed E-state index contributed by atoms with van der Waals surface area (Å²) in [5.74, 6) is -0.358. The summed E-state index contributed by atoms with van der Waals surface area (Å²) >= 11 is 0. The Morgan fingerprint density at radius 2 is 2.16 bits per heavy atom. The summed E-state index contributed by atoms with van der Waals surface area (Å²) in [4.78, 5) is 0. The molecule has 1 unspecified atom stereocenters. The minimum absolute atomic E-state index is 0.0766. The van der Waals surface area contributed by atoms with Crippen molar-refractivity contribution < 1.29 is 17.9 Å². The monoisotopic (exact) mass is 267 g/mol. The Hall–Kier alpha value is -1.88. The first-order valence-corrected chi connectivity index (χ1v) is 6.00. The lowest BCUT2D eigenvalue weighted by Crippen LogP contribution is -2.28. The third-order valence-corrected chi connectivity index (χ3v) is 2.53. The molecule has 2 aromatic rings. The lowest BCUT2D eigenvalue weighted by Gasteiger charge is -2.15. The predicted octanol–water partition coefficient (Wildman–Crippen LogP) is 3.11. The fourth-order valence-electron chi connectivity index (χ4n) is 1.64. The van der Waals surface area contributed by atoms with Crippen molar-refractivity contribution in [1.82, 2.24) is 5.32 Å². The molecule has 0 aliphatic rings. The van der Waals surface area contributed by atoms with E-state index in [0.717, 1.165) is 24.0 Å². The van der Waals surface area contributed by atoms with Crippen molar-refractivity contribution in [3.8, 4) is 5.75 Å². The largest absolute Gasteiger partial charge is 0.486 e. The van der Waals surface area contributed by atoms with Crippen LogP contribution in [0.3, 0.4) is 0 Å². The molecule has 1 atom stereocenters. The Balaban J connectivity index is 1.80. The summed E-state index contributed by atoms with van der Waals surface area (Å²) in [7, 11) is 0. The molecule has 5 heteroatoms. The van der Waals surface area contributed by atoms with Crippen molar-refractivity contribution in [2.75, 3.05) is 6.54 Å². The predicted molar refractivity (Wildman–Crippen MR) is 66.9 cm³/mol. The van der Waals surface area contributed by atoms with E-state index in [9.17, 15) is 8.78 Å². The van der Waals surface area contributed by atoms with Crippen LogP contribution in [0.4, 0.5) is 8.78 Å². The summed E-state index contributed by atoms with van der Waals surface area (Å²) in [6.45, 7) is 2.84. The van der Waals surface area contributed by atoms with E-state index >= 15 is 0 Å². The zero-order valence-electron chi connectivity index (χ0n) is 10.5. The topological polar surface area (TPSA) is 34.4 Å². The van der Waals surface area contributed by atoms with Gasteiger partial charge in [-0.25, -0.2) is 8.78 Å². The third kappa shape index (κ3) is 4.06. The van der Waals surface area contributed by atoms with Gasteiger partial charge in [-0.05, 0) is 31.2 Å². The van der Waals surface area contributed by atoms with Gasteiger partial charge >= 0.3 is 0 Å². The summed E-state index contributed by atoms with van der Waals surface area (Å²) < 4.78 is 36.8. The van der Waals surface area contributed by atoms with E-state index in [2.05, 4.69) is 5.32 Å². The summed E-state index contributed by atoms with van der Waals surface area (Å²) in [5, 5.41) is 3.11. The molecule has 1 aromatic carbocycles. The molecule has 0 saturated carbocycles. The zero-order chi connectivity index (χ0) is 13.7. The van der Waals surface area contributed by atoms with Crippen LogP contribution in [0.1, 0.15) is 12.7 Å². The summed E-state index contributed by atoms with van der Waals surface area (Å²) in [6, 6.07) is 6.80. The van der Waals surface area contributed by atoms with Gasteiger partial charge in [0.15, 0.2) is 11.6 Å². The maximum Gasteiger partial charge on any atom is 0.165 e. The van der Waals surface area contributed by atoms with Crippen LogP contribution in [-0.4, -0.2) is 12.6 Å². The molecule has 0 aliphatic heterocycles. The second-order valence-corrected chi connectivity index (χ2v) is 4.21. The lowest BCUT2D eigenvalue weighted by molar-refractivity contribution is 0.205. The maximum absolute atomic E-state index is 13.3. The Morgan fingerprint density at radius 3 is 2.89 bits per heavy atom. The zero-order valence-corrected chi connectivity index (χ0v) is 10.5. The molecule has 0 radical (unpaired) electrons. The standard InChI is InChI=1S/C14H15F2NO2/c1-10(8-17-9-12-3-2-6-18-12)19-14-7-11(15)4-5-13(14)16/h2-7,10,17H,8-9H2,1H3. The van der Waals surface area contributed by atoms with Crippen molar-refractivity contribution in [2.45, 2.75) is 19.6 Å². The van der Waals surface area contributed by atoms with E-state index < -0.39 is 11.6 Å². The van der Waals surface area contributed by atoms with Gasteiger partial charge in [0.2, 0.25) is 0 Å². The first-order valence-electron chi connectivity index (χ1n) is 6.00. The van der Waals surface area contributed by atoms with E-state index in [1.165, 1.54) is 0 Å². The first-order chi connectivity index (χ1) is 9.15. The van der Waals surface area contributed by atoms with Gasteiger partial charge in [-0.2, -0.15) is 0 Å². The number of hydrogen-bond donors (Lipinski definition) is 1. The number of rotatable bonds is 6. The Labute approximate surface area is 110 Å². The molecule has 0 aliphatic carbocycles.